The second kappa shape index (κ2) is 4.77. The highest BCUT2D eigenvalue weighted by Gasteiger charge is 2.21. The lowest BCUT2D eigenvalue weighted by Crippen LogP contribution is -2.19. The maximum Gasteiger partial charge on any atom is 0.0370 e. The fourth-order valence-electron chi connectivity index (χ4n) is 2.57. The van der Waals surface area contributed by atoms with Crippen LogP contribution < -0.4 is 10.6 Å². The van der Waals surface area contributed by atoms with Crippen molar-refractivity contribution >= 4 is 11.4 Å². The molecule has 2 nitrogen and oxygen atoms in total. The van der Waals surface area contributed by atoms with E-state index in [2.05, 4.69) is 30.9 Å². The maximum absolute atomic E-state index is 5.84. The second-order valence-electron chi connectivity index (χ2n) is 4.93. The lowest BCUT2D eigenvalue weighted by atomic mass is 10.0. The Morgan fingerprint density at radius 2 is 2.25 bits per heavy atom. The number of anilines is 2. The number of aryl methyl sites for hydroxylation is 1. The van der Waals surface area contributed by atoms with Gasteiger partial charge in [0, 0.05) is 24.5 Å². The Labute approximate surface area is 98.4 Å². The highest BCUT2D eigenvalue weighted by atomic mass is 15.1. The van der Waals surface area contributed by atoms with E-state index in [1.807, 2.05) is 6.07 Å². The van der Waals surface area contributed by atoms with Crippen molar-refractivity contribution < 1.29 is 0 Å². The summed E-state index contributed by atoms with van der Waals surface area (Å²) in [6.45, 7) is 6.78. The SMILES string of the molecule is CCCC1CCN(c2ccc(N)c(C)c2)C1. The molecule has 0 amide bonds. The zero-order valence-corrected chi connectivity index (χ0v) is 10.4. The summed E-state index contributed by atoms with van der Waals surface area (Å²) in [4.78, 5) is 2.49. The van der Waals surface area contributed by atoms with Crippen LogP contribution in [0.5, 0.6) is 0 Å². The molecule has 0 spiro atoms. The predicted octanol–water partition coefficient (Wildman–Crippen LogP) is 3.20. The standard InChI is InChI=1S/C14H22N2/c1-3-4-12-7-8-16(10-12)13-5-6-14(15)11(2)9-13/h5-6,9,12H,3-4,7-8,10,15H2,1-2H3. The minimum atomic E-state index is 0.892. The molecule has 0 saturated carbocycles. The van der Waals surface area contributed by atoms with Gasteiger partial charge < -0.3 is 10.6 Å². The van der Waals surface area contributed by atoms with Gasteiger partial charge in [-0.15, -0.1) is 0 Å². The molecule has 1 unspecified atom stereocenters. The first-order valence-electron chi connectivity index (χ1n) is 6.31. The monoisotopic (exact) mass is 218 g/mol. The molecule has 0 aromatic heterocycles. The van der Waals surface area contributed by atoms with Crippen LogP contribution in [0.3, 0.4) is 0 Å². The first kappa shape index (κ1) is 11.3. The Hall–Kier alpha value is -1.18. The topological polar surface area (TPSA) is 29.3 Å². The van der Waals surface area contributed by atoms with E-state index in [1.165, 1.54) is 43.6 Å². The number of nitrogen functional groups attached to an aromatic ring is 1. The third kappa shape index (κ3) is 2.31. The van der Waals surface area contributed by atoms with Crippen LogP contribution in [0.2, 0.25) is 0 Å². The van der Waals surface area contributed by atoms with Crippen molar-refractivity contribution in [3.05, 3.63) is 23.8 Å². The van der Waals surface area contributed by atoms with E-state index in [0.29, 0.717) is 0 Å². The van der Waals surface area contributed by atoms with Crippen LogP contribution >= 0.6 is 0 Å². The van der Waals surface area contributed by atoms with E-state index >= 15 is 0 Å². The van der Waals surface area contributed by atoms with Crippen molar-refractivity contribution in [1.82, 2.24) is 0 Å². The quantitative estimate of drug-likeness (QED) is 0.789. The van der Waals surface area contributed by atoms with E-state index in [9.17, 15) is 0 Å². The molecule has 1 atom stereocenters. The van der Waals surface area contributed by atoms with Gasteiger partial charge in [-0.2, -0.15) is 0 Å². The van der Waals surface area contributed by atoms with E-state index in [1.54, 1.807) is 0 Å². The Bertz CT molecular complexity index is 360. The summed E-state index contributed by atoms with van der Waals surface area (Å²) in [7, 11) is 0. The van der Waals surface area contributed by atoms with Gasteiger partial charge in [0.2, 0.25) is 0 Å². The number of nitrogens with two attached hydrogens (primary N) is 1. The molecule has 1 heterocycles. The van der Waals surface area contributed by atoms with Crippen LogP contribution in [0, 0.1) is 12.8 Å². The van der Waals surface area contributed by atoms with Gasteiger partial charge in [0.25, 0.3) is 0 Å². The van der Waals surface area contributed by atoms with E-state index in [4.69, 9.17) is 5.73 Å². The summed E-state index contributed by atoms with van der Waals surface area (Å²) < 4.78 is 0. The van der Waals surface area contributed by atoms with Crippen molar-refractivity contribution in [3.63, 3.8) is 0 Å². The molecular formula is C14H22N2. The van der Waals surface area contributed by atoms with Gasteiger partial charge >= 0.3 is 0 Å². The van der Waals surface area contributed by atoms with Gasteiger partial charge in [-0.1, -0.05) is 13.3 Å². The van der Waals surface area contributed by atoms with Crippen LogP contribution in [-0.2, 0) is 0 Å². The lowest BCUT2D eigenvalue weighted by Gasteiger charge is -2.19. The van der Waals surface area contributed by atoms with Gasteiger partial charge in [0.15, 0.2) is 0 Å². The van der Waals surface area contributed by atoms with Crippen molar-refractivity contribution in [2.75, 3.05) is 23.7 Å². The molecule has 1 aromatic carbocycles. The molecule has 1 aliphatic heterocycles. The van der Waals surface area contributed by atoms with Crippen molar-refractivity contribution in [2.24, 2.45) is 5.92 Å². The van der Waals surface area contributed by atoms with Crippen molar-refractivity contribution in [1.29, 1.82) is 0 Å². The second-order valence-corrected chi connectivity index (χ2v) is 4.93. The van der Waals surface area contributed by atoms with Crippen molar-refractivity contribution in [2.45, 2.75) is 33.1 Å². The molecule has 88 valence electrons. The highest BCUT2D eigenvalue weighted by Crippen LogP contribution is 2.28. The molecule has 0 radical (unpaired) electrons. The highest BCUT2D eigenvalue weighted by molar-refractivity contribution is 5.58. The lowest BCUT2D eigenvalue weighted by molar-refractivity contribution is 0.530. The van der Waals surface area contributed by atoms with Gasteiger partial charge in [0.1, 0.15) is 0 Å². The zero-order chi connectivity index (χ0) is 11.5. The number of hydrogen-bond donors (Lipinski definition) is 1. The van der Waals surface area contributed by atoms with Crippen LogP contribution in [0.15, 0.2) is 18.2 Å². The fourth-order valence-corrected chi connectivity index (χ4v) is 2.57. The molecule has 16 heavy (non-hydrogen) atoms. The molecule has 2 rings (SSSR count). The van der Waals surface area contributed by atoms with E-state index in [0.717, 1.165) is 11.6 Å². The molecule has 2 heteroatoms. The number of rotatable bonds is 3. The normalized spacial score (nSPS) is 20.4. The first-order valence-corrected chi connectivity index (χ1v) is 6.31. The Balaban J connectivity index is 2.05. The Morgan fingerprint density at radius 3 is 2.94 bits per heavy atom. The number of hydrogen-bond acceptors (Lipinski definition) is 2. The predicted molar refractivity (Wildman–Crippen MR) is 70.8 cm³/mol. The van der Waals surface area contributed by atoms with Gasteiger partial charge in [0.05, 0.1) is 0 Å². The summed E-state index contributed by atoms with van der Waals surface area (Å²) in [5, 5.41) is 0. The molecule has 0 aliphatic carbocycles. The molecular weight excluding hydrogens is 196 g/mol. The van der Waals surface area contributed by atoms with Crippen LogP contribution in [-0.4, -0.2) is 13.1 Å². The summed E-state index contributed by atoms with van der Waals surface area (Å²) in [5.74, 6) is 0.892. The summed E-state index contributed by atoms with van der Waals surface area (Å²) in [6, 6.07) is 6.39. The van der Waals surface area contributed by atoms with E-state index < -0.39 is 0 Å². The third-order valence-corrected chi connectivity index (χ3v) is 3.60. The van der Waals surface area contributed by atoms with Gasteiger partial charge in [-0.3, -0.25) is 0 Å². The van der Waals surface area contributed by atoms with Crippen LogP contribution in [0.4, 0.5) is 11.4 Å². The first-order chi connectivity index (χ1) is 7.70. The molecule has 2 N–H and O–H groups in total. The molecule has 1 aromatic rings. The maximum atomic E-state index is 5.84. The van der Waals surface area contributed by atoms with Crippen LogP contribution in [0.25, 0.3) is 0 Å². The summed E-state index contributed by atoms with van der Waals surface area (Å²) in [6.07, 6.45) is 4.01. The molecule has 1 aliphatic rings. The number of nitrogens with zero attached hydrogens (tertiary/aromatic N) is 1. The minimum Gasteiger partial charge on any atom is -0.399 e. The molecule has 1 saturated heterocycles. The third-order valence-electron chi connectivity index (χ3n) is 3.60. The summed E-state index contributed by atoms with van der Waals surface area (Å²) >= 11 is 0. The average Bonchev–Trinajstić information content (AvgIpc) is 2.71. The van der Waals surface area contributed by atoms with Crippen molar-refractivity contribution in [3.8, 4) is 0 Å². The van der Waals surface area contributed by atoms with E-state index in [-0.39, 0.29) is 0 Å². The molecule has 1 fully saturated rings. The fraction of sp³-hybridized carbons (Fsp3) is 0.571. The largest absolute Gasteiger partial charge is 0.399 e. The van der Waals surface area contributed by atoms with Crippen LogP contribution in [0.1, 0.15) is 31.7 Å². The smallest absolute Gasteiger partial charge is 0.0370 e. The minimum absolute atomic E-state index is 0.892. The Morgan fingerprint density at radius 1 is 1.44 bits per heavy atom. The molecule has 0 bridgehead atoms. The zero-order valence-electron chi connectivity index (χ0n) is 10.4. The summed E-state index contributed by atoms with van der Waals surface area (Å²) in [5.41, 5.74) is 9.27. The van der Waals surface area contributed by atoms with Gasteiger partial charge in [-0.05, 0) is 49.4 Å². The average molecular weight is 218 g/mol. The van der Waals surface area contributed by atoms with Gasteiger partial charge in [-0.25, -0.2) is 0 Å². The number of benzene rings is 1. The Kier molecular flexibility index (Phi) is 3.37.